The summed E-state index contributed by atoms with van der Waals surface area (Å²) >= 11 is 7.30. The van der Waals surface area contributed by atoms with Gasteiger partial charge in [0.25, 0.3) is 0 Å². The molecule has 0 bridgehead atoms. The fourth-order valence-corrected chi connectivity index (χ4v) is 1.50. The first-order valence-corrected chi connectivity index (χ1v) is 4.73. The first-order chi connectivity index (χ1) is 5.33. The number of thioether (sulfide) groups is 1. The van der Waals surface area contributed by atoms with Crippen LogP contribution >= 0.6 is 23.4 Å². The number of hydrogen-bond acceptors (Lipinski definition) is 3. The van der Waals surface area contributed by atoms with Gasteiger partial charge in [-0.05, 0) is 6.07 Å². The highest BCUT2D eigenvalue weighted by Crippen LogP contribution is 2.20. The molecule has 11 heavy (non-hydrogen) atoms. The molecular weight excluding hydrogens is 180 g/mol. The summed E-state index contributed by atoms with van der Waals surface area (Å²) in [7, 11) is 0. The van der Waals surface area contributed by atoms with Crippen LogP contribution in [0.4, 0.5) is 0 Å². The molecule has 1 atom stereocenters. The molecule has 0 amide bonds. The second-order valence-corrected chi connectivity index (χ2v) is 3.90. The van der Waals surface area contributed by atoms with E-state index in [0.717, 1.165) is 5.03 Å². The van der Waals surface area contributed by atoms with Gasteiger partial charge in [0.05, 0.1) is 5.03 Å². The molecule has 1 heterocycles. The lowest BCUT2D eigenvalue weighted by Gasteiger charge is -2.04. The zero-order valence-electron chi connectivity index (χ0n) is 6.20. The Morgan fingerprint density at radius 3 is 3.09 bits per heavy atom. The Hall–Kier alpha value is -0.280. The summed E-state index contributed by atoms with van der Waals surface area (Å²) in [4.78, 5) is 7.88. The van der Waals surface area contributed by atoms with Gasteiger partial charge in [-0.3, -0.25) is 0 Å². The van der Waals surface area contributed by atoms with E-state index in [9.17, 15) is 0 Å². The van der Waals surface area contributed by atoms with Gasteiger partial charge in [0.1, 0.15) is 6.33 Å². The molecule has 60 valence electrons. The Morgan fingerprint density at radius 1 is 1.73 bits per heavy atom. The molecule has 2 nitrogen and oxygen atoms in total. The van der Waals surface area contributed by atoms with Crippen LogP contribution in [0.25, 0.3) is 0 Å². The van der Waals surface area contributed by atoms with E-state index in [-0.39, 0.29) is 0 Å². The van der Waals surface area contributed by atoms with E-state index in [0.29, 0.717) is 11.1 Å². The van der Waals surface area contributed by atoms with Crippen molar-refractivity contribution in [1.82, 2.24) is 9.97 Å². The second kappa shape index (κ2) is 4.57. The summed E-state index contributed by atoms with van der Waals surface area (Å²) in [6.07, 6.45) is 3.28. The van der Waals surface area contributed by atoms with Crippen molar-refractivity contribution in [2.45, 2.75) is 17.2 Å². The van der Waals surface area contributed by atoms with Crippen LogP contribution in [-0.2, 0) is 0 Å². The number of alkyl halides is 1. The van der Waals surface area contributed by atoms with Gasteiger partial charge >= 0.3 is 0 Å². The fourth-order valence-electron chi connectivity index (χ4n) is 0.586. The third-order valence-electron chi connectivity index (χ3n) is 1.09. The summed E-state index contributed by atoms with van der Waals surface area (Å²) in [6.45, 7) is 2.07. The molecule has 0 saturated carbocycles. The molecule has 1 rings (SSSR count). The zero-order valence-corrected chi connectivity index (χ0v) is 7.77. The predicted octanol–water partition coefficient (Wildman–Crippen LogP) is 2.20. The smallest absolute Gasteiger partial charge is 0.116 e. The maximum atomic E-state index is 5.64. The molecule has 4 heteroatoms. The van der Waals surface area contributed by atoms with Crippen LogP contribution in [0.5, 0.6) is 0 Å². The van der Waals surface area contributed by atoms with Gasteiger partial charge in [0, 0.05) is 17.3 Å². The van der Waals surface area contributed by atoms with E-state index >= 15 is 0 Å². The normalized spacial score (nSPS) is 12.9. The van der Waals surface area contributed by atoms with Gasteiger partial charge in [-0.2, -0.15) is 0 Å². The fraction of sp³-hybridized carbons (Fsp3) is 0.429. The molecule has 0 N–H and O–H groups in total. The molecule has 0 saturated heterocycles. The molecule has 0 aliphatic carbocycles. The van der Waals surface area contributed by atoms with Crippen molar-refractivity contribution in [2.24, 2.45) is 0 Å². The quantitative estimate of drug-likeness (QED) is 0.413. The van der Waals surface area contributed by atoms with Crippen molar-refractivity contribution >= 4 is 23.4 Å². The van der Waals surface area contributed by atoms with Crippen LogP contribution < -0.4 is 0 Å². The summed E-state index contributed by atoms with van der Waals surface area (Å²) in [6, 6.07) is 1.88. The van der Waals surface area contributed by atoms with Crippen LogP contribution in [0.1, 0.15) is 6.92 Å². The summed E-state index contributed by atoms with van der Waals surface area (Å²) < 4.78 is 0. The Morgan fingerprint density at radius 2 is 2.55 bits per heavy atom. The van der Waals surface area contributed by atoms with Crippen LogP contribution in [0, 0.1) is 0 Å². The molecule has 0 aliphatic heterocycles. The summed E-state index contributed by atoms with van der Waals surface area (Å²) in [5.41, 5.74) is 0. The van der Waals surface area contributed by atoms with Crippen LogP contribution in [0.2, 0.25) is 0 Å². The standard InChI is InChI=1S/C7H9ClN2S/c1-6(4-8)11-7-2-3-9-5-10-7/h2-3,5-6H,4H2,1H3. The minimum Gasteiger partial charge on any atom is -0.245 e. The predicted molar refractivity (Wildman–Crippen MR) is 48.1 cm³/mol. The van der Waals surface area contributed by atoms with Crippen molar-refractivity contribution in [1.29, 1.82) is 0 Å². The molecule has 0 radical (unpaired) electrons. The van der Waals surface area contributed by atoms with Crippen LogP contribution in [0.3, 0.4) is 0 Å². The Balaban J connectivity index is 2.51. The number of halogens is 1. The highest BCUT2D eigenvalue weighted by atomic mass is 35.5. The Kier molecular flexibility index (Phi) is 3.66. The van der Waals surface area contributed by atoms with Crippen molar-refractivity contribution in [2.75, 3.05) is 5.88 Å². The van der Waals surface area contributed by atoms with Gasteiger partial charge in [0.15, 0.2) is 0 Å². The Bertz CT molecular complexity index is 205. The lowest BCUT2D eigenvalue weighted by Crippen LogP contribution is -1.97. The van der Waals surface area contributed by atoms with Gasteiger partial charge in [-0.1, -0.05) is 6.92 Å². The first kappa shape index (κ1) is 8.81. The first-order valence-electron chi connectivity index (χ1n) is 3.31. The minimum atomic E-state index is 0.409. The van der Waals surface area contributed by atoms with Gasteiger partial charge in [-0.25, -0.2) is 9.97 Å². The van der Waals surface area contributed by atoms with E-state index in [2.05, 4.69) is 16.9 Å². The number of hydrogen-bond donors (Lipinski definition) is 0. The molecule has 1 aromatic rings. The highest BCUT2D eigenvalue weighted by molar-refractivity contribution is 7.99. The highest BCUT2D eigenvalue weighted by Gasteiger charge is 2.01. The molecule has 0 aromatic carbocycles. The molecule has 0 spiro atoms. The lowest BCUT2D eigenvalue weighted by molar-refractivity contribution is 1.03. The molecule has 1 aromatic heterocycles. The topological polar surface area (TPSA) is 25.8 Å². The van der Waals surface area contributed by atoms with Gasteiger partial charge < -0.3 is 0 Å². The van der Waals surface area contributed by atoms with Crippen LogP contribution in [-0.4, -0.2) is 21.1 Å². The second-order valence-electron chi connectivity index (χ2n) is 2.13. The maximum Gasteiger partial charge on any atom is 0.116 e. The summed E-state index contributed by atoms with van der Waals surface area (Å²) in [5, 5.41) is 1.39. The summed E-state index contributed by atoms with van der Waals surface area (Å²) in [5.74, 6) is 0.647. The van der Waals surface area contributed by atoms with E-state index in [1.54, 1.807) is 24.3 Å². The van der Waals surface area contributed by atoms with E-state index in [1.807, 2.05) is 6.07 Å². The van der Waals surface area contributed by atoms with Crippen molar-refractivity contribution < 1.29 is 0 Å². The lowest BCUT2D eigenvalue weighted by atomic mass is 10.6. The molecule has 0 aliphatic rings. The average molecular weight is 189 g/mol. The van der Waals surface area contributed by atoms with Gasteiger partial charge in [-0.15, -0.1) is 23.4 Å². The minimum absolute atomic E-state index is 0.409. The average Bonchev–Trinajstić information content (AvgIpc) is 2.06. The van der Waals surface area contributed by atoms with Crippen LogP contribution in [0.15, 0.2) is 23.6 Å². The molecule has 0 fully saturated rings. The van der Waals surface area contributed by atoms with Crippen molar-refractivity contribution in [3.05, 3.63) is 18.6 Å². The molecule has 1 unspecified atom stereocenters. The third-order valence-corrected chi connectivity index (χ3v) is 2.79. The van der Waals surface area contributed by atoms with E-state index in [4.69, 9.17) is 11.6 Å². The zero-order chi connectivity index (χ0) is 8.10. The van der Waals surface area contributed by atoms with Crippen molar-refractivity contribution in [3.8, 4) is 0 Å². The SMILES string of the molecule is CC(CCl)Sc1ccncn1. The van der Waals surface area contributed by atoms with E-state index < -0.39 is 0 Å². The number of rotatable bonds is 3. The maximum absolute atomic E-state index is 5.64. The third kappa shape index (κ3) is 3.08. The van der Waals surface area contributed by atoms with Crippen molar-refractivity contribution in [3.63, 3.8) is 0 Å². The number of aromatic nitrogens is 2. The molecular formula is C7H9ClN2S. The Labute approximate surface area is 75.4 Å². The largest absolute Gasteiger partial charge is 0.245 e. The van der Waals surface area contributed by atoms with E-state index in [1.165, 1.54) is 0 Å². The monoisotopic (exact) mass is 188 g/mol. The van der Waals surface area contributed by atoms with Gasteiger partial charge in [0.2, 0.25) is 0 Å². The number of nitrogens with zero attached hydrogens (tertiary/aromatic N) is 2.